The minimum atomic E-state index is -0.402. The van der Waals surface area contributed by atoms with Crippen LogP contribution in [0.15, 0.2) is 24.3 Å². The van der Waals surface area contributed by atoms with Crippen LogP contribution < -0.4 is 11.1 Å². The Kier molecular flexibility index (Phi) is 6.67. The van der Waals surface area contributed by atoms with E-state index < -0.39 is 6.10 Å². The first-order valence-electron chi connectivity index (χ1n) is 6.46. The number of unbranched alkanes of at least 4 members (excludes halogenated alkanes) is 3. The van der Waals surface area contributed by atoms with E-state index in [4.69, 9.17) is 5.73 Å². The van der Waals surface area contributed by atoms with E-state index in [1.54, 1.807) is 6.92 Å². The first kappa shape index (κ1) is 14.0. The summed E-state index contributed by atoms with van der Waals surface area (Å²) < 4.78 is 0. The molecule has 1 aromatic carbocycles. The fourth-order valence-electron chi connectivity index (χ4n) is 1.76. The molecule has 17 heavy (non-hydrogen) atoms. The smallest absolute Gasteiger partial charge is 0.0762 e. The second-order valence-electron chi connectivity index (χ2n) is 4.43. The fourth-order valence-corrected chi connectivity index (χ4v) is 1.76. The van der Waals surface area contributed by atoms with Crippen LogP contribution in [-0.2, 0) is 0 Å². The van der Waals surface area contributed by atoms with Crippen LogP contribution in [0.1, 0.15) is 44.3 Å². The lowest BCUT2D eigenvalue weighted by atomic mass is 10.1. The molecule has 0 spiro atoms. The lowest BCUT2D eigenvalue weighted by molar-refractivity contribution is 0.199. The van der Waals surface area contributed by atoms with Crippen LogP contribution in [0.5, 0.6) is 0 Å². The Morgan fingerprint density at radius 3 is 2.71 bits per heavy atom. The van der Waals surface area contributed by atoms with Crippen LogP contribution in [0.4, 0.5) is 5.69 Å². The van der Waals surface area contributed by atoms with Crippen molar-refractivity contribution in [2.24, 2.45) is 5.73 Å². The molecule has 0 aliphatic carbocycles. The van der Waals surface area contributed by atoms with E-state index in [1.165, 1.54) is 19.3 Å². The summed E-state index contributed by atoms with van der Waals surface area (Å²) in [4.78, 5) is 0. The van der Waals surface area contributed by atoms with E-state index in [9.17, 15) is 5.11 Å². The number of hydrogen-bond donors (Lipinski definition) is 3. The molecule has 0 radical (unpaired) electrons. The molecule has 1 unspecified atom stereocenters. The fraction of sp³-hybridized carbons (Fsp3) is 0.571. The molecule has 1 aromatic rings. The van der Waals surface area contributed by atoms with Gasteiger partial charge in [-0.05, 0) is 44.0 Å². The lowest BCUT2D eigenvalue weighted by Crippen LogP contribution is -2.03. The molecular formula is C14H24N2O. The Hall–Kier alpha value is -1.06. The SMILES string of the molecule is CC(O)c1cccc(NCCCCCCN)c1. The van der Waals surface area contributed by atoms with Crippen LogP contribution in [0.3, 0.4) is 0 Å². The van der Waals surface area contributed by atoms with Gasteiger partial charge in [0.1, 0.15) is 0 Å². The number of nitrogens with two attached hydrogens (primary N) is 1. The van der Waals surface area contributed by atoms with E-state index in [0.29, 0.717) is 0 Å². The summed E-state index contributed by atoms with van der Waals surface area (Å²) in [6, 6.07) is 7.95. The molecule has 1 atom stereocenters. The lowest BCUT2D eigenvalue weighted by Gasteiger charge is -2.09. The molecule has 4 N–H and O–H groups in total. The van der Waals surface area contributed by atoms with Crippen LogP contribution in [0.2, 0.25) is 0 Å². The zero-order valence-electron chi connectivity index (χ0n) is 10.7. The minimum Gasteiger partial charge on any atom is -0.389 e. The van der Waals surface area contributed by atoms with Crippen LogP contribution in [0, 0.1) is 0 Å². The third kappa shape index (κ3) is 5.71. The normalized spacial score (nSPS) is 12.4. The van der Waals surface area contributed by atoms with Crippen LogP contribution in [0.25, 0.3) is 0 Å². The summed E-state index contributed by atoms with van der Waals surface area (Å²) in [5, 5.41) is 12.9. The average molecular weight is 236 g/mol. The molecule has 1 rings (SSSR count). The Morgan fingerprint density at radius 2 is 2.00 bits per heavy atom. The third-order valence-corrected chi connectivity index (χ3v) is 2.83. The summed E-state index contributed by atoms with van der Waals surface area (Å²) >= 11 is 0. The van der Waals surface area contributed by atoms with Crippen molar-refractivity contribution < 1.29 is 5.11 Å². The molecule has 0 aliphatic rings. The number of benzene rings is 1. The van der Waals surface area contributed by atoms with Gasteiger partial charge in [0.05, 0.1) is 6.10 Å². The number of aliphatic hydroxyl groups is 1. The van der Waals surface area contributed by atoms with Crippen molar-refractivity contribution in [2.45, 2.75) is 38.7 Å². The van der Waals surface area contributed by atoms with Gasteiger partial charge in [-0.25, -0.2) is 0 Å². The zero-order valence-corrected chi connectivity index (χ0v) is 10.7. The maximum atomic E-state index is 9.48. The van der Waals surface area contributed by atoms with E-state index in [2.05, 4.69) is 5.32 Å². The summed E-state index contributed by atoms with van der Waals surface area (Å²) in [5.74, 6) is 0. The highest BCUT2D eigenvalue weighted by atomic mass is 16.3. The molecule has 0 aliphatic heterocycles. The van der Waals surface area contributed by atoms with Crippen molar-refractivity contribution in [3.8, 4) is 0 Å². The van der Waals surface area contributed by atoms with Crippen molar-refractivity contribution in [3.63, 3.8) is 0 Å². The van der Waals surface area contributed by atoms with Crippen LogP contribution in [-0.4, -0.2) is 18.2 Å². The van der Waals surface area contributed by atoms with Gasteiger partial charge in [0.25, 0.3) is 0 Å². The number of hydrogen-bond acceptors (Lipinski definition) is 3. The number of anilines is 1. The molecule has 3 heteroatoms. The second kappa shape index (κ2) is 8.09. The van der Waals surface area contributed by atoms with Crippen molar-refractivity contribution in [1.82, 2.24) is 0 Å². The Balaban J connectivity index is 2.24. The third-order valence-electron chi connectivity index (χ3n) is 2.83. The predicted molar refractivity (Wildman–Crippen MR) is 73.1 cm³/mol. The molecular weight excluding hydrogens is 212 g/mol. The minimum absolute atomic E-state index is 0.402. The molecule has 96 valence electrons. The monoisotopic (exact) mass is 236 g/mol. The van der Waals surface area contributed by atoms with Gasteiger partial charge < -0.3 is 16.2 Å². The molecule has 0 amide bonds. The van der Waals surface area contributed by atoms with E-state index in [1.807, 2.05) is 24.3 Å². The van der Waals surface area contributed by atoms with Crippen molar-refractivity contribution in [2.75, 3.05) is 18.4 Å². The predicted octanol–water partition coefficient (Wildman–Crippen LogP) is 2.67. The van der Waals surface area contributed by atoms with Gasteiger partial charge in [0, 0.05) is 12.2 Å². The van der Waals surface area contributed by atoms with Gasteiger partial charge in [-0.15, -0.1) is 0 Å². The molecule has 0 saturated heterocycles. The first-order chi connectivity index (χ1) is 8.24. The Bertz CT molecular complexity index is 313. The van der Waals surface area contributed by atoms with Gasteiger partial charge in [0.15, 0.2) is 0 Å². The van der Waals surface area contributed by atoms with Crippen molar-refractivity contribution >= 4 is 5.69 Å². The maximum Gasteiger partial charge on any atom is 0.0762 e. The topological polar surface area (TPSA) is 58.3 Å². The standard InChI is InChI=1S/C14H24N2O/c1-12(17)13-7-6-8-14(11-13)16-10-5-3-2-4-9-15/h6-8,11-12,16-17H,2-5,9-10,15H2,1H3. The number of aliphatic hydroxyl groups excluding tert-OH is 1. The Morgan fingerprint density at radius 1 is 1.24 bits per heavy atom. The molecule has 0 bridgehead atoms. The van der Waals surface area contributed by atoms with Gasteiger partial charge in [-0.3, -0.25) is 0 Å². The van der Waals surface area contributed by atoms with Crippen molar-refractivity contribution in [3.05, 3.63) is 29.8 Å². The first-order valence-corrected chi connectivity index (χ1v) is 6.46. The van der Waals surface area contributed by atoms with E-state index in [0.717, 1.165) is 30.8 Å². The summed E-state index contributed by atoms with van der Waals surface area (Å²) in [6.45, 7) is 3.56. The zero-order chi connectivity index (χ0) is 12.5. The van der Waals surface area contributed by atoms with E-state index in [-0.39, 0.29) is 0 Å². The molecule has 0 fully saturated rings. The molecule has 0 saturated carbocycles. The highest BCUT2D eigenvalue weighted by Gasteiger charge is 2.00. The van der Waals surface area contributed by atoms with Gasteiger partial charge in [-0.2, -0.15) is 0 Å². The van der Waals surface area contributed by atoms with Crippen LogP contribution >= 0.6 is 0 Å². The van der Waals surface area contributed by atoms with Gasteiger partial charge in [0.2, 0.25) is 0 Å². The quantitative estimate of drug-likeness (QED) is 0.608. The van der Waals surface area contributed by atoms with Gasteiger partial charge in [-0.1, -0.05) is 25.0 Å². The highest BCUT2D eigenvalue weighted by molar-refractivity contribution is 5.46. The Labute approximate surface area is 104 Å². The summed E-state index contributed by atoms with van der Waals surface area (Å²) in [7, 11) is 0. The maximum absolute atomic E-state index is 9.48. The molecule has 0 heterocycles. The molecule has 3 nitrogen and oxygen atoms in total. The highest BCUT2D eigenvalue weighted by Crippen LogP contribution is 2.17. The number of rotatable bonds is 8. The number of nitrogens with one attached hydrogen (secondary N) is 1. The average Bonchev–Trinajstić information content (AvgIpc) is 2.34. The second-order valence-corrected chi connectivity index (χ2v) is 4.43. The largest absolute Gasteiger partial charge is 0.389 e. The van der Waals surface area contributed by atoms with Crippen molar-refractivity contribution in [1.29, 1.82) is 0 Å². The molecule has 0 aromatic heterocycles. The summed E-state index contributed by atoms with van der Waals surface area (Å²) in [5.41, 5.74) is 7.48. The van der Waals surface area contributed by atoms with Gasteiger partial charge >= 0.3 is 0 Å². The summed E-state index contributed by atoms with van der Waals surface area (Å²) in [6.07, 6.45) is 4.32. The van der Waals surface area contributed by atoms with E-state index >= 15 is 0 Å².